The van der Waals surface area contributed by atoms with Crippen LogP contribution in [0.15, 0.2) is 65.8 Å². The third-order valence-electron chi connectivity index (χ3n) is 3.61. The van der Waals surface area contributed by atoms with Gasteiger partial charge >= 0.3 is 0 Å². The normalized spacial score (nSPS) is 11.0. The maximum atomic E-state index is 12.1. The van der Waals surface area contributed by atoms with Gasteiger partial charge in [-0.2, -0.15) is 5.10 Å². The second-order valence-electron chi connectivity index (χ2n) is 5.31. The Balaban J connectivity index is 1.69. The van der Waals surface area contributed by atoms with Gasteiger partial charge < -0.3 is 5.11 Å². The van der Waals surface area contributed by atoms with Crippen molar-refractivity contribution in [2.24, 2.45) is 5.10 Å². The van der Waals surface area contributed by atoms with E-state index in [0.29, 0.717) is 10.6 Å². The van der Waals surface area contributed by atoms with Crippen LogP contribution in [0.4, 0.5) is 0 Å². The average Bonchev–Trinajstić information content (AvgIpc) is 2.58. The zero-order chi connectivity index (χ0) is 16.9. The smallest absolute Gasteiger partial charge is 0.244 e. The van der Waals surface area contributed by atoms with Gasteiger partial charge in [0, 0.05) is 10.6 Å². The molecule has 0 aromatic heterocycles. The number of hydrogen-bond acceptors (Lipinski definition) is 3. The lowest BCUT2D eigenvalue weighted by Crippen LogP contribution is -2.19. The Kier molecular flexibility index (Phi) is 4.77. The molecule has 0 aliphatic rings. The number of carbonyl (C=O) groups is 1. The highest BCUT2D eigenvalue weighted by Crippen LogP contribution is 2.20. The molecule has 0 heterocycles. The number of benzene rings is 3. The standard InChI is InChI=1S/C19H15ClN2O2/c20-16-8-9-18(23)15(10-16)12-21-22-19(24)11-14-6-3-5-13-4-1-2-7-17(13)14/h1-10,12,23H,11H2,(H,22,24)/b21-12+. The number of amides is 1. The number of halogens is 1. The first-order chi connectivity index (χ1) is 11.6. The Morgan fingerprint density at radius 2 is 1.92 bits per heavy atom. The molecule has 4 nitrogen and oxygen atoms in total. The van der Waals surface area contributed by atoms with Crippen LogP contribution >= 0.6 is 11.6 Å². The van der Waals surface area contributed by atoms with Crippen LogP contribution < -0.4 is 5.43 Å². The first-order valence-electron chi connectivity index (χ1n) is 7.40. The molecule has 0 aliphatic carbocycles. The van der Waals surface area contributed by atoms with Crippen LogP contribution in [0, 0.1) is 0 Å². The van der Waals surface area contributed by atoms with Gasteiger partial charge in [-0.05, 0) is 34.5 Å². The summed E-state index contributed by atoms with van der Waals surface area (Å²) in [6.45, 7) is 0. The molecule has 0 atom stereocenters. The molecular weight excluding hydrogens is 324 g/mol. The monoisotopic (exact) mass is 338 g/mol. The highest BCUT2D eigenvalue weighted by atomic mass is 35.5. The number of fused-ring (bicyclic) bond motifs is 1. The SMILES string of the molecule is O=C(Cc1cccc2ccccc12)N/N=C/c1cc(Cl)ccc1O. The third-order valence-corrected chi connectivity index (χ3v) is 3.85. The zero-order valence-electron chi connectivity index (χ0n) is 12.7. The van der Waals surface area contributed by atoms with Crippen LogP contribution in [0.2, 0.25) is 5.02 Å². The van der Waals surface area contributed by atoms with Crippen molar-refractivity contribution in [2.45, 2.75) is 6.42 Å². The van der Waals surface area contributed by atoms with E-state index >= 15 is 0 Å². The van der Waals surface area contributed by atoms with E-state index in [1.165, 1.54) is 12.3 Å². The molecule has 3 aromatic rings. The molecule has 120 valence electrons. The third kappa shape index (κ3) is 3.73. The molecule has 1 amide bonds. The first kappa shape index (κ1) is 16.0. The maximum Gasteiger partial charge on any atom is 0.244 e. The predicted octanol–water partition coefficient (Wildman–Crippen LogP) is 3.89. The summed E-state index contributed by atoms with van der Waals surface area (Å²) < 4.78 is 0. The molecule has 0 spiro atoms. The highest BCUT2D eigenvalue weighted by molar-refractivity contribution is 6.30. The van der Waals surface area contributed by atoms with Crippen molar-refractivity contribution in [1.29, 1.82) is 0 Å². The number of phenols is 1. The van der Waals surface area contributed by atoms with E-state index in [9.17, 15) is 9.90 Å². The van der Waals surface area contributed by atoms with Gasteiger partial charge in [0.2, 0.25) is 5.91 Å². The summed E-state index contributed by atoms with van der Waals surface area (Å²) in [6, 6.07) is 18.4. The Labute approximate surface area is 144 Å². The Morgan fingerprint density at radius 3 is 2.79 bits per heavy atom. The number of hydrogen-bond donors (Lipinski definition) is 2. The Bertz CT molecular complexity index is 917. The number of carbonyl (C=O) groups excluding carboxylic acids is 1. The van der Waals surface area contributed by atoms with Crippen LogP contribution in [0.1, 0.15) is 11.1 Å². The minimum absolute atomic E-state index is 0.0476. The molecule has 0 fully saturated rings. The Hall–Kier alpha value is -2.85. The lowest BCUT2D eigenvalue weighted by molar-refractivity contribution is -0.120. The van der Waals surface area contributed by atoms with Gasteiger partial charge in [-0.25, -0.2) is 5.43 Å². The van der Waals surface area contributed by atoms with E-state index in [2.05, 4.69) is 10.5 Å². The van der Waals surface area contributed by atoms with Gasteiger partial charge in [0.1, 0.15) is 5.75 Å². The molecule has 2 N–H and O–H groups in total. The van der Waals surface area contributed by atoms with Crippen molar-refractivity contribution >= 4 is 34.5 Å². The molecule has 3 aromatic carbocycles. The predicted molar refractivity (Wildman–Crippen MR) is 96.5 cm³/mol. The second-order valence-corrected chi connectivity index (χ2v) is 5.75. The largest absolute Gasteiger partial charge is 0.507 e. The van der Waals surface area contributed by atoms with E-state index in [1.807, 2.05) is 42.5 Å². The van der Waals surface area contributed by atoms with Gasteiger partial charge in [-0.15, -0.1) is 0 Å². The fourth-order valence-electron chi connectivity index (χ4n) is 2.46. The fourth-order valence-corrected chi connectivity index (χ4v) is 2.64. The van der Waals surface area contributed by atoms with Crippen LogP contribution in [0.3, 0.4) is 0 Å². The quantitative estimate of drug-likeness (QED) is 0.560. The molecule has 0 aliphatic heterocycles. The van der Waals surface area contributed by atoms with Crippen LogP contribution in [-0.2, 0) is 11.2 Å². The Morgan fingerprint density at radius 1 is 1.12 bits per heavy atom. The highest BCUT2D eigenvalue weighted by Gasteiger charge is 2.06. The summed E-state index contributed by atoms with van der Waals surface area (Å²) in [5, 5.41) is 16.2. The number of rotatable bonds is 4. The summed E-state index contributed by atoms with van der Waals surface area (Å²) in [6.07, 6.45) is 1.59. The lowest BCUT2D eigenvalue weighted by Gasteiger charge is -2.05. The zero-order valence-corrected chi connectivity index (χ0v) is 13.5. The summed E-state index contributed by atoms with van der Waals surface area (Å²) in [7, 11) is 0. The van der Waals surface area contributed by atoms with Crippen molar-refractivity contribution in [3.8, 4) is 5.75 Å². The van der Waals surface area contributed by atoms with E-state index in [0.717, 1.165) is 16.3 Å². The lowest BCUT2D eigenvalue weighted by atomic mass is 10.0. The molecule has 0 bridgehead atoms. The number of aromatic hydroxyl groups is 1. The van der Waals surface area contributed by atoms with Crippen molar-refractivity contribution in [3.05, 3.63) is 76.8 Å². The van der Waals surface area contributed by atoms with Crippen molar-refractivity contribution < 1.29 is 9.90 Å². The average molecular weight is 339 g/mol. The van der Waals surface area contributed by atoms with Gasteiger partial charge in [-0.3, -0.25) is 4.79 Å². The minimum atomic E-state index is -0.232. The van der Waals surface area contributed by atoms with E-state index in [4.69, 9.17) is 11.6 Å². The summed E-state index contributed by atoms with van der Waals surface area (Å²) in [5.41, 5.74) is 3.84. The first-order valence-corrected chi connectivity index (χ1v) is 7.78. The van der Waals surface area contributed by atoms with Gasteiger partial charge in [0.15, 0.2) is 0 Å². The van der Waals surface area contributed by atoms with Crippen molar-refractivity contribution in [1.82, 2.24) is 5.43 Å². The molecule has 0 saturated carbocycles. The molecule has 5 heteroatoms. The van der Waals surface area contributed by atoms with E-state index in [1.54, 1.807) is 12.1 Å². The second kappa shape index (κ2) is 7.15. The fraction of sp³-hybridized carbons (Fsp3) is 0.0526. The molecule has 24 heavy (non-hydrogen) atoms. The van der Waals surface area contributed by atoms with E-state index < -0.39 is 0 Å². The van der Waals surface area contributed by atoms with Gasteiger partial charge in [0.05, 0.1) is 12.6 Å². The molecule has 0 radical (unpaired) electrons. The molecule has 3 rings (SSSR count). The van der Waals surface area contributed by atoms with Crippen LogP contribution in [0.5, 0.6) is 5.75 Å². The van der Waals surface area contributed by atoms with Crippen LogP contribution in [0.25, 0.3) is 10.8 Å². The maximum absolute atomic E-state index is 12.1. The van der Waals surface area contributed by atoms with Gasteiger partial charge in [-0.1, -0.05) is 54.1 Å². The summed E-state index contributed by atoms with van der Waals surface area (Å²) >= 11 is 5.86. The number of hydrazone groups is 1. The summed E-state index contributed by atoms with van der Waals surface area (Å²) in [5.74, 6) is -0.185. The van der Waals surface area contributed by atoms with Crippen LogP contribution in [-0.4, -0.2) is 17.2 Å². The van der Waals surface area contributed by atoms with E-state index in [-0.39, 0.29) is 18.1 Å². The minimum Gasteiger partial charge on any atom is -0.507 e. The number of nitrogens with one attached hydrogen (secondary N) is 1. The van der Waals surface area contributed by atoms with Gasteiger partial charge in [0.25, 0.3) is 0 Å². The molecule has 0 saturated heterocycles. The summed E-state index contributed by atoms with van der Waals surface area (Å²) in [4.78, 5) is 12.1. The number of phenolic OH excluding ortho intramolecular Hbond substituents is 1. The van der Waals surface area contributed by atoms with Crippen molar-refractivity contribution in [2.75, 3.05) is 0 Å². The molecular formula is C19H15ClN2O2. The van der Waals surface area contributed by atoms with Crippen molar-refractivity contribution in [3.63, 3.8) is 0 Å². The number of nitrogens with zero attached hydrogens (tertiary/aromatic N) is 1. The topological polar surface area (TPSA) is 61.7 Å². The molecule has 0 unspecified atom stereocenters.